The smallest absolute Gasteiger partial charge is 0.255 e. The second-order valence-corrected chi connectivity index (χ2v) is 6.50. The molecule has 2 heterocycles. The molecule has 0 atom stereocenters. The summed E-state index contributed by atoms with van der Waals surface area (Å²) >= 11 is 0. The first kappa shape index (κ1) is 17.1. The molecular weight excluding hydrogens is 338 g/mol. The number of aromatic nitrogens is 1. The van der Waals surface area contributed by atoms with Crippen molar-refractivity contribution >= 4 is 17.4 Å². The van der Waals surface area contributed by atoms with Crippen LogP contribution in [0.25, 0.3) is 0 Å². The first-order chi connectivity index (χ1) is 13.2. The van der Waals surface area contributed by atoms with Crippen molar-refractivity contribution in [3.8, 4) is 5.75 Å². The Morgan fingerprint density at radius 2 is 1.81 bits per heavy atom. The quantitative estimate of drug-likeness (QED) is 0.764. The molecule has 4 rings (SSSR count). The van der Waals surface area contributed by atoms with Gasteiger partial charge in [-0.15, -0.1) is 0 Å². The van der Waals surface area contributed by atoms with E-state index in [9.17, 15) is 4.79 Å². The predicted molar refractivity (Wildman–Crippen MR) is 105 cm³/mol. The van der Waals surface area contributed by atoms with Crippen molar-refractivity contribution in [3.63, 3.8) is 0 Å². The molecule has 0 aliphatic carbocycles. The van der Waals surface area contributed by atoms with E-state index in [-0.39, 0.29) is 5.91 Å². The Balaban J connectivity index is 1.47. The van der Waals surface area contributed by atoms with Crippen molar-refractivity contribution in [1.29, 1.82) is 0 Å². The molecule has 0 saturated heterocycles. The maximum absolute atomic E-state index is 12.8. The van der Waals surface area contributed by atoms with Crippen LogP contribution in [-0.2, 0) is 13.0 Å². The Labute approximate surface area is 158 Å². The van der Waals surface area contributed by atoms with E-state index in [0.29, 0.717) is 17.9 Å². The van der Waals surface area contributed by atoms with Gasteiger partial charge in [0.25, 0.3) is 5.91 Å². The molecule has 5 nitrogen and oxygen atoms in total. The van der Waals surface area contributed by atoms with Crippen LogP contribution in [0.2, 0.25) is 0 Å². The lowest BCUT2D eigenvalue weighted by atomic mass is 9.99. The van der Waals surface area contributed by atoms with Gasteiger partial charge in [-0.2, -0.15) is 0 Å². The molecule has 27 heavy (non-hydrogen) atoms. The Hall–Kier alpha value is -3.34. The Kier molecular flexibility index (Phi) is 4.75. The van der Waals surface area contributed by atoms with Gasteiger partial charge in [0.15, 0.2) is 0 Å². The van der Waals surface area contributed by atoms with E-state index in [1.807, 2.05) is 53.4 Å². The van der Waals surface area contributed by atoms with Crippen molar-refractivity contribution in [1.82, 2.24) is 9.88 Å². The van der Waals surface area contributed by atoms with Crippen molar-refractivity contribution in [2.75, 3.05) is 19.0 Å². The third kappa shape index (κ3) is 3.62. The van der Waals surface area contributed by atoms with Gasteiger partial charge in [0, 0.05) is 19.3 Å². The number of hydrogen-bond acceptors (Lipinski definition) is 4. The second-order valence-electron chi connectivity index (χ2n) is 6.50. The molecule has 1 N–H and O–H groups in total. The lowest BCUT2D eigenvalue weighted by molar-refractivity contribution is 0.0734. The van der Waals surface area contributed by atoms with Gasteiger partial charge in [0.1, 0.15) is 11.6 Å². The number of rotatable bonds is 4. The number of carbonyl (C=O) groups is 1. The zero-order valence-electron chi connectivity index (χ0n) is 15.2. The summed E-state index contributed by atoms with van der Waals surface area (Å²) in [4.78, 5) is 19.1. The highest BCUT2D eigenvalue weighted by atomic mass is 16.5. The van der Waals surface area contributed by atoms with Gasteiger partial charge in [-0.05, 0) is 41.8 Å². The highest BCUT2D eigenvalue weighted by Gasteiger charge is 2.21. The minimum atomic E-state index is 0.0147. The van der Waals surface area contributed by atoms with Crippen LogP contribution in [-0.4, -0.2) is 29.4 Å². The molecule has 0 fully saturated rings. The largest absolute Gasteiger partial charge is 0.495 e. The summed E-state index contributed by atoms with van der Waals surface area (Å²) in [7, 11) is 1.63. The fourth-order valence-corrected chi connectivity index (χ4v) is 3.33. The van der Waals surface area contributed by atoms with Gasteiger partial charge in [-0.25, -0.2) is 4.98 Å². The monoisotopic (exact) mass is 359 g/mol. The minimum Gasteiger partial charge on any atom is -0.495 e. The molecule has 0 bridgehead atoms. The fourth-order valence-electron chi connectivity index (χ4n) is 3.33. The highest BCUT2D eigenvalue weighted by Crippen LogP contribution is 2.26. The molecule has 2 aromatic carbocycles. The van der Waals surface area contributed by atoms with Gasteiger partial charge >= 0.3 is 0 Å². The fraction of sp³-hybridized carbons (Fsp3) is 0.182. The topological polar surface area (TPSA) is 54.5 Å². The van der Waals surface area contributed by atoms with Gasteiger partial charge in [-0.1, -0.05) is 36.4 Å². The van der Waals surface area contributed by atoms with Gasteiger partial charge in [0.2, 0.25) is 0 Å². The lowest BCUT2D eigenvalue weighted by Gasteiger charge is -2.28. The molecule has 136 valence electrons. The minimum absolute atomic E-state index is 0.0147. The van der Waals surface area contributed by atoms with Crippen molar-refractivity contribution in [3.05, 3.63) is 83.6 Å². The third-order valence-electron chi connectivity index (χ3n) is 4.80. The number of hydrogen-bond donors (Lipinski definition) is 1. The Morgan fingerprint density at radius 1 is 1.04 bits per heavy atom. The highest BCUT2D eigenvalue weighted by molar-refractivity contribution is 5.94. The van der Waals surface area contributed by atoms with Gasteiger partial charge in [-0.3, -0.25) is 4.79 Å². The number of methoxy groups -OCH3 is 1. The van der Waals surface area contributed by atoms with Crippen LogP contribution in [0.1, 0.15) is 21.5 Å². The standard InChI is InChI=1S/C22H21N3O2/c1-27-20-9-5-4-8-19(20)24-21-11-10-17(14-23-21)22(26)25-13-12-16-6-2-3-7-18(16)15-25/h2-11,14H,12-13,15H2,1H3,(H,23,24). The molecular formula is C22H21N3O2. The van der Waals surface area contributed by atoms with E-state index in [2.05, 4.69) is 22.4 Å². The number of fused-ring (bicyclic) bond motifs is 1. The number of ether oxygens (including phenoxy) is 1. The van der Waals surface area contributed by atoms with E-state index in [1.54, 1.807) is 13.3 Å². The third-order valence-corrected chi connectivity index (χ3v) is 4.80. The van der Waals surface area contributed by atoms with E-state index < -0.39 is 0 Å². The zero-order valence-corrected chi connectivity index (χ0v) is 15.2. The maximum atomic E-state index is 12.8. The molecule has 1 aromatic heterocycles. The molecule has 0 radical (unpaired) electrons. The molecule has 1 amide bonds. The van der Waals surface area contributed by atoms with Crippen LogP contribution in [0.4, 0.5) is 11.5 Å². The summed E-state index contributed by atoms with van der Waals surface area (Å²) in [6, 6.07) is 19.6. The first-order valence-corrected chi connectivity index (χ1v) is 8.97. The first-order valence-electron chi connectivity index (χ1n) is 8.97. The average molecular weight is 359 g/mol. The molecule has 0 unspecified atom stereocenters. The summed E-state index contributed by atoms with van der Waals surface area (Å²) in [5.41, 5.74) is 3.98. The zero-order chi connectivity index (χ0) is 18.6. The normalized spacial score (nSPS) is 13.0. The summed E-state index contributed by atoms with van der Waals surface area (Å²) in [5, 5.41) is 3.22. The second kappa shape index (κ2) is 7.50. The average Bonchev–Trinajstić information content (AvgIpc) is 2.74. The number of amides is 1. The SMILES string of the molecule is COc1ccccc1Nc1ccc(C(=O)N2CCc3ccccc3C2)cn1. The number of carbonyl (C=O) groups excluding carboxylic acids is 1. The number of para-hydroxylation sites is 2. The van der Waals surface area contributed by atoms with E-state index in [0.717, 1.165) is 24.4 Å². The van der Waals surface area contributed by atoms with Crippen molar-refractivity contribution in [2.45, 2.75) is 13.0 Å². The molecule has 0 saturated carbocycles. The Bertz CT molecular complexity index is 954. The number of anilines is 2. The molecule has 0 spiro atoms. The lowest BCUT2D eigenvalue weighted by Crippen LogP contribution is -2.35. The number of nitrogens with one attached hydrogen (secondary N) is 1. The summed E-state index contributed by atoms with van der Waals surface area (Å²) < 4.78 is 5.34. The Morgan fingerprint density at radius 3 is 2.59 bits per heavy atom. The molecule has 1 aliphatic rings. The van der Waals surface area contributed by atoms with Crippen LogP contribution in [0.5, 0.6) is 5.75 Å². The van der Waals surface area contributed by atoms with E-state index in [4.69, 9.17) is 4.74 Å². The summed E-state index contributed by atoms with van der Waals surface area (Å²) in [6.45, 7) is 1.38. The summed E-state index contributed by atoms with van der Waals surface area (Å²) in [5.74, 6) is 1.42. The van der Waals surface area contributed by atoms with Gasteiger partial charge in [0.05, 0.1) is 18.4 Å². The van der Waals surface area contributed by atoms with Crippen molar-refractivity contribution in [2.24, 2.45) is 0 Å². The number of pyridine rings is 1. The van der Waals surface area contributed by atoms with Crippen LogP contribution < -0.4 is 10.1 Å². The summed E-state index contributed by atoms with van der Waals surface area (Å²) in [6.07, 6.45) is 2.52. The van der Waals surface area contributed by atoms with Crippen LogP contribution in [0, 0.1) is 0 Å². The van der Waals surface area contributed by atoms with E-state index >= 15 is 0 Å². The van der Waals surface area contributed by atoms with Crippen molar-refractivity contribution < 1.29 is 9.53 Å². The van der Waals surface area contributed by atoms with Crippen LogP contribution in [0.15, 0.2) is 66.9 Å². The maximum Gasteiger partial charge on any atom is 0.255 e. The van der Waals surface area contributed by atoms with Crippen LogP contribution >= 0.6 is 0 Å². The number of benzene rings is 2. The van der Waals surface area contributed by atoms with Crippen LogP contribution in [0.3, 0.4) is 0 Å². The number of nitrogens with zero attached hydrogens (tertiary/aromatic N) is 2. The molecule has 5 heteroatoms. The van der Waals surface area contributed by atoms with E-state index in [1.165, 1.54) is 11.1 Å². The molecule has 3 aromatic rings. The predicted octanol–water partition coefficient (Wildman–Crippen LogP) is 4.03. The van der Waals surface area contributed by atoms with Gasteiger partial charge < -0.3 is 15.0 Å². The molecule has 1 aliphatic heterocycles.